The second-order valence-electron chi connectivity index (χ2n) is 11.0. The molecule has 1 aliphatic heterocycles. The molecule has 0 saturated carbocycles. The molecule has 0 radical (unpaired) electrons. The van der Waals surface area contributed by atoms with Crippen molar-refractivity contribution in [2.45, 2.75) is 45.2 Å². The molecule has 236 valence electrons. The molecule has 4 rings (SSSR count). The van der Waals surface area contributed by atoms with Gasteiger partial charge in [0.1, 0.15) is 24.1 Å². The van der Waals surface area contributed by atoms with E-state index in [9.17, 15) is 19.2 Å². The second-order valence-corrected chi connectivity index (χ2v) is 11.0. The molecule has 1 aliphatic rings. The molecule has 3 aromatic carbocycles. The highest BCUT2D eigenvalue weighted by Gasteiger charge is 2.30. The van der Waals surface area contributed by atoms with E-state index in [1.54, 1.807) is 24.1 Å². The van der Waals surface area contributed by atoms with E-state index in [4.69, 9.17) is 14.2 Å². The van der Waals surface area contributed by atoms with E-state index >= 15 is 0 Å². The zero-order valence-corrected chi connectivity index (χ0v) is 26.0. The molecule has 0 bridgehead atoms. The Balaban J connectivity index is 1.65. The van der Waals surface area contributed by atoms with E-state index < -0.39 is 23.8 Å². The highest BCUT2D eigenvalue weighted by atomic mass is 16.5. The van der Waals surface area contributed by atoms with Gasteiger partial charge in [0.25, 0.3) is 0 Å². The summed E-state index contributed by atoms with van der Waals surface area (Å²) in [4.78, 5) is 55.4. The summed E-state index contributed by atoms with van der Waals surface area (Å²) < 4.78 is 16.3. The maximum Gasteiger partial charge on any atom is 0.328 e. The molecule has 0 fully saturated rings. The molecular formula is C36H40N2O7. The summed E-state index contributed by atoms with van der Waals surface area (Å²) in [5.41, 5.74) is 3.09. The number of hydrogen-bond acceptors (Lipinski definition) is 7. The fraction of sp³-hybridized carbons (Fsp3) is 0.333. The number of carbonyl (C=O) groups is 4. The van der Waals surface area contributed by atoms with Gasteiger partial charge < -0.3 is 24.4 Å². The highest BCUT2D eigenvalue weighted by Crippen LogP contribution is 2.25. The lowest BCUT2D eigenvalue weighted by molar-refractivity contribution is -0.146. The van der Waals surface area contributed by atoms with Crippen molar-refractivity contribution in [3.05, 3.63) is 107 Å². The van der Waals surface area contributed by atoms with Crippen LogP contribution < -0.4 is 14.8 Å². The molecule has 9 nitrogen and oxygen atoms in total. The predicted octanol–water partition coefficient (Wildman–Crippen LogP) is 4.85. The van der Waals surface area contributed by atoms with E-state index in [-0.39, 0.29) is 44.0 Å². The van der Waals surface area contributed by atoms with Crippen LogP contribution in [0.5, 0.6) is 11.5 Å². The van der Waals surface area contributed by atoms with Crippen LogP contribution in [0.2, 0.25) is 0 Å². The Hall–Kier alpha value is -4.92. The van der Waals surface area contributed by atoms with E-state index in [1.165, 1.54) is 7.11 Å². The largest absolute Gasteiger partial charge is 0.497 e. The minimum absolute atomic E-state index is 0.00641. The van der Waals surface area contributed by atoms with Crippen molar-refractivity contribution in [2.24, 2.45) is 5.92 Å². The van der Waals surface area contributed by atoms with Crippen molar-refractivity contribution in [3.8, 4) is 11.5 Å². The van der Waals surface area contributed by atoms with Crippen molar-refractivity contribution in [2.75, 3.05) is 27.4 Å². The zero-order valence-electron chi connectivity index (χ0n) is 26.0. The van der Waals surface area contributed by atoms with Crippen LogP contribution >= 0.6 is 0 Å². The van der Waals surface area contributed by atoms with Gasteiger partial charge in [-0.05, 0) is 66.8 Å². The van der Waals surface area contributed by atoms with Crippen molar-refractivity contribution in [1.82, 2.24) is 10.2 Å². The third kappa shape index (κ3) is 9.53. The molecule has 0 unspecified atom stereocenters. The van der Waals surface area contributed by atoms with Crippen molar-refractivity contribution < 1.29 is 33.4 Å². The number of rotatable bonds is 6. The molecule has 1 N–H and O–H groups in total. The number of ether oxygens (including phenoxy) is 3. The third-order valence-electron chi connectivity index (χ3n) is 7.73. The standard InChI is InChI=1S/C36H40N2O7/c1-25-11-16-30-32(39)23-28(22-26-9-5-4-6-10-26)35(41)37-31(36(42)44-3)17-18-34(40)38(19-7-8-20-45-33(30)21-25)24-27-12-14-29(43-2)15-13-27/h4-16,21,28,31H,17-20,22-24H2,1-3H3,(H,37,41)/b8-7-/t28-,31-/m0/s1. The van der Waals surface area contributed by atoms with Crippen LogP contribution in [0.1, 0.15) is 46.3 Å². The molecule has 45 heavy (non-hydrogen) atoms. The van der Waals surface area contributed by atoms with Crippen LogP contribution in [0, 0.1) is 12.8 Å². The number of benzene rings is 3. The number of methoxy groups -OCH3 is 2. The minimum Gasteiger partial charge on any atom is -0.497 e. The summed E-state index contributed by atoms with van der Waals surface area (Å²) >= 11 is 0. The number of esters is 1. The Morgan fingerprint density at radius 3 is 2.42 bits per heavy atom. The van der Waals surface area contributed by atoms with E-state index in [2.05, 4.69) is 5.32 Å². The number of hydrogen-bond donors (Lipinski definition) is 1. The second kappa shape index (κ2) is 16.2. The van der Waals surface area contributed by atoms with Gasteiger partial charge in [0, 0.05) is 31.8 Å². The topological polar surface area (TPSA) is 111 Å². The minimum atomic E-state index is -1.06. The van der Waals surface area contributed by atoms with Gasteiger partial charge in [-0.1, -0.05) is 54.6 Å². The molecule has 2 atom stereocenters. The molecule has 0 aromatic heterocycles. The van der Waals surface area contributed by atoms with Gasteiger partial charge in [0.05, 0.1) is 19.8 Å². The Bertz CT molecular complexity index is 1500. The SMILES string of the molecule is COC(=O)[C@@H]1CCC(=O)N(Cc2ccc(OC)cc2)C/C=C\COc2cc(C)ccc2C(=O)C[C@H](Cc2ccccc2)C(=O)N1. The maximum atomic E-state index is 13.7. The number of fused-ring (bicyclic) bond motifs is 1. The lowest BCUT2D eigenvalue weighted by Gasteiger charge is -2.24. The predicted molar refractivity (Wildman–Crippen MR) is 170 cm³/mol. The smallest absolute Gasteiger partial charge is 0.328 e. The fourth-order valence-electron chi connectivity index (χ4n) is 5.19. The number of ketones is 1. The quantitative estimate of drug-likeness (QED) is 0.313. The average molecular weight is 613 g/mol. The Morgan fingerprint density at radius 1 is 0.956 bits per heavy atom. The molecular weight excluding hydrogens is 572 g/mol. The number of amides is 2. The molecule has 1 heterocycles. The number of carbonyl (C=O) groups excluding carboxylic acids is 4. The third-order valence-corrected chi connectivity index (χ3v) is 7.73. The zero-order chi connectivity index (χ0) is 32.2. The monoisotopic (exact) mass is 612 g/mol. The lowest BCUT2D eigenvalue weighted by atomic mass is 9.90. The molecule has 0 spiro atoms. The van der Waals surface area contributed by atoms with Gasteiger partial charge in [-0.25, -0.2) is 4.79 Å². The normalized spacial score (nSPS) is 19.0. The maximum absolute atomic E-state index is 13.7. The fourth-order valence-corrected chi connectivity index (χ4v) is 5.19. The van der Waals surface area contributed by atoms with Gasteiger partial charge in [-0.2, -0.15) is 0 Å². The van der Waals surface area contributed by atoms with Gasteiger partial charge >= 0.3 is 5.97 Å². The van der Waals surface area contributed by atoms with Gasteiger partial charge in [0.15, 0.2) is 5.78 Å². The number of nitrogens with zero attached hydrogens (tertiary/aromatic N) is 1. The lowest BCUT2D eigenvalue weighted by Crippen LogP contribution is -2.45. The molecule has 9 heteroatoms. The molecule has 0 aliphatic carbocycles. The highest BCUT2D eigenvalue weighted by molar-refractivity contribution is 6.01. The van der Waals surface area contributed by atoms with Gasteiger partial charge in [-0.15, -0.1) is 0 Å². The van der Waals surface area contributed by atoms with Crippen LogP contribution in [0.15, 0.2) is 84.9 Å². The first-order valence-corrected chi connectivity index (χ1v) is 15.0. The first-order valence-electron chi connectivity index (χ1n) is 15.0. The summed E-state index contributed by atoms with van der Waals surface area (Å²) in [6.07, 6.45) is 3.87. The van der Waals surface area contributed by atoms with Crippen LogP contribution in [0.3, 0.4) is 0 Å². The van der Waals surface area contributed by atoms with Crippen molar-refractivity contribution in [1.29, 1.82) is 0 Å². The van der Waals surface area contributed by atoms with Gasteiger partial charge in [-0.3, -0.25) is 14.4 Å². The summed E-state index contributed by atoms with van der Waals surface area (Å²) in [6.45, 7) is 2.72. The summed E-state index contributed by atoms with van der Waals surface area (Å²) in [5, 5.41) is 2.79. The van der Waals surface area contributed by atoms with E-state index in [0.717, 1.165) is 16.7 Å². The van der Waals surface area contributed by atoms with Crippen LogP contribution in [0.4, 0.5) is 0 Å². The Labute approximate surface area is 264 Å². The average Bonchev–Trinajstić information content (AvgIpc) is 3.05. The van der Waals surface area contributed by atoms with Crippen molar-refractivity contribution in [3.63, 3.8) is 0 Å². The van der Waals surface area contributed by atoms with Crippen LogP contribution in [0.25, 0.3) is 0 Å². The summed E-state index contributed by atoms with van der Waals surface area (Å²) in [7, 11) is 2.83. The number of Topliss-reactive ketones (excluding diaryl/α,β-unsaturated/α-hetero) is 1. The summed E-state index contributed by atoms with van der Waals surface area (Å²) in [6, 6.07) is 21.1. The molecule has 0 saturated heterocycles. The van der Waals surface area contributed by atoms with E-state index in [0.29, 0.717) is 30.2 Å². The first kappa shape index (κ1) is 33.0. The Kier molecular flexibility index (Phi) is 11.9. The Morgan fingerprint density at radius 2 is 1.71 bits per heavy atom. The van der Waals surface area contributed by atoms with E-state index in [1.807, 2.05) is 79.7 Å². The summed E-state index contributed by atoms with van der Waals surface area (Å²) in [5.74, 6) is -1.21. The van der Waals surface area contributed by atoms with Crippen LogP contribution in [-0.4, -0.2) is 61.9 Å². The number of aryl methyl sites for hydroxylation is 1. The van der Waals surface area contributed by atoms with Gasteiger partial charge in [0.2, 0.25) is 11.8 Å². The van der Waals surface area contributed by atoms with Crippen LogP contribution in [-0.2, 0) is 32.1 Å². The molecule has 3 aromatic rings. The number of nitrogens with one attached hydrogen (secondary N) is 1. The molecule has 2 amide bonds. The van der Waals surface area contributed by atoms with Crippen molar-refractivity contribution >= 4 is 23.6 Å². The first-order chi connectivity index (χ1) is 21.8.